The molecule has 4 heteroatoms. The number of benzene rings is 1. The number of amides is 1. The first-order valence-electron chi connectivity index (χ1n) is 8.90. The topological polar surface area (TPSA) is 55.6 Å². The van der Waals surface area contributed by atoms with Crippen LogP contribution in [0.1, 0.15) is 44.1 Å². The van der Waals surface area contributed by atoms with Crippen molar-refractivity contribution < 1.29 is 9.53 Å². The number of ether oxygens (including phenoxy) is 1. The molecule has 2 heterocycles. The van der Waals surface area contributed by atoms with Gasteiger partial charge in [-0.05, 0) is 37.3 Å². The van der Waals surface area contributed by atoms with Crippen molar-refractivity contribution in [1.82, 2.24) is 0 Å². The number of para-hydroxylation sites is 1. The third-order valence-electron chi connectivity index (χ3n) is 6.33. The maximum Gasteiger partial charge on any atom is 0.234 e. The fourth-order valence-corrected chi connectivity index (χ4v) is 4.84. The highest BCUT2D eigenvalue weighted by atomic mass is 16.5. The van der Waals surface area contributed by atoms with Crippen molar-refractivity contribution in [3.8, 4) is 0 Å². The van der Waals surface area contributed by atoms with E-state index in [9.17, 15) is 4.79 Å². The molecule has 2 aliphatic heterocycles. The summed E-state index contributed by atoms with van der Waals surface area (Å²) in [4.78, 5) is 15.5. The average molecular weight is 314 g/mol. The van der Waals surface area contributed by atoms with Crippen LogP contribution in [-0.2, 0) is 14.9 Å². The Morgan fingerprint density at radius 2 is 1.83 bits per heavy atom. The molecule has 1 saturated heterocycles. The molecule has 4 nitrogen and oxygen atoms in total. The minimum Gasteiger partial charge on any atom is -0.381 e. The summed E-state index contributed by atoms with van der Waals surface area (Å²) in [5.74, 6) is 0.222. The third kappa shape index (κ3) is 2.23. The van der Waals surface area contributed by atoms with Crippen LogP contribution in [0, 0.1) is 5.41 Å². The quantitative estimate of drug-likeness (QED) is 0.913. The SMILES string of the molecule is NCC1(C(=O)N2CC3(CCCC3)c3ccccc32)CCOCC1. The van der Waals surface area contributed by atoms with Gasteiger partial charge in [0.05, 0.1) is 5.41 Å². The van der Waals surface area contributed by atoms with Gasteiger partial charge in [0, 0.05) is 37.4 Å². The fraction of sp³-hybridized carbons (Fsp3) is 0.632. The predicted octanol–water partition coefficient (Wildman–Crippen LogP) is 2.60. The number of anilines is 1. The summed E-state index contributed by atoms with van der Waals surface area (Å²) in [6, 6.07) is 8.50. The Kier molecular flexibility index (Phi) is 3.69. The van der Waals surface area contributed by atoms with E-state index in [1.807, 2.05) is 6.07 Å². The number of hydrogen-bond donors (Lipinski definition) is 1. The summed E-state index contributed by atoms with van der Waals surface area (Å²) in [6.45, 7) is 2.54. The van der Waals surface area contributed by atoms with E-state index < -0.39 is 5.41 Å². The van der Waals surface area contributed by atoms with Gasteiger partial charge in [-0.1, -0.05) is 31.0 Å². The molecule has 1 aromatic carbocycles. The summed E-state index contributed by atoms with van der Waals surface area (Å²) < 4.78 is 5.48. The minimum atomic E-state index is -0.435. The molecular formula is C19H26N2O2. The summed E-state index contributed by atoms with van der Waals surface area (Å²) in [5, 5.41) is 0. The molecule has 1 spiro atoms. The molecular weight excluding hydrogens is 288 g/mol. The Hall–Kier alpha value is -1.39. The van der Waals surface area contributed by atoms with E-state index >= 15 is 0 Å². The molecule has 1 amide bonds. The van der Waals surface area contributed by atoms with Crippen LogP contribution >= 0.6 is 0 Å². The van der Waals surface area contributed by atoms with Crippen LogP contribution in [0.2, 0.25) is 0 Å². The Morgan fingerprint density at radius 3 is 2.52 bits per heavy atom. The van der Waals surface area contributed by atoms with Gasteiger partial charge >= 0.3 is 0 Å². The lowest BCUT2D eigenvalue weighted by atomic mass is 9.78. The molecule has 0 aromatic heterocycles. The van der Waals surface area contributed by atoms with Gasteiger partial charge in [-0.25, -0.2) is 0 Å². The zero-order chi connectivity index (χ0) is 15.9. The Bertz CT molecular complexity index is 601. The average Bonchev–Trinajstić information content (AvgIpc) is 3.21. The number of fused-ring (bicyclic) bond motifs is 2. The Morgan fingerprint density at radius 1 is 1.13 bits per heavy atom. The maximum absolute atomic E-state index is 13.4. The highest BCUT2D eigenvalue weighted by Crippen LogP contribution is 2.51. The summed E-state index contributed by atoms with van der Waals surface area (Å²) in [5.41, 5.74) is 8.32. The highest BCUT2D eigenvalue weighted by Gasteiger charge is 2.50. The van der Waals surface area contributed by atoms with Crippen LogP contribution in [0.4, 0.5) is 5.69 Å². The molecule has 0 radical (unpaired) electrons. The standard InChI is InChI=1S/C19H26N2O2/c20-13-18(9-11-23-12-10-18)17(22)21-14-19(7-3-4-8-19)15-5-1-2-6-16(15)21/h1-2,5-6H,3-4,7-14,20H2. The van der Waals surface area contributed by atoms with E-state index in [2.05, 4.69) is 23.1 Å². The second kappa shape index (κ2) is 5.60. The van der Waals surface area contributed by atoms with Gasteiger partial charge in [0.1, 0.15) is 0 Å². The number of carbonyl (C=O) groups excluding carboxylic acids is 1. The van der Waals surface area contributed by atoms with Crippen LogP contribution < -0.4 is 10.6 Å². The smallest absolute Gasteiger partial charge is 0.234 e. The van der Waals surface area contributed by atoms with Crippen LogP contribution in [0.25, 0.3) is 0 Å². The van der Waals surface area contributed by atoms with E-state index in [0.29, 0.717) is 19.8 Å². The van der Waals surface area contributed by atoms with Crippen molar-refractivity contribution in [3.63, 3.8) is 0 Å². The molecule has 0 unspecified atom stereocenters. The van der Waals surface area contributed by atoms with Gasteiger partial charge in [0.2, 0.25) is 5.91 Å². The number of nitrogens with two attached hydrogens (primary N) is 1. The Balaban J connectivity index is 1.71. The lowest BCUT2D eigenvalue weighted by Crippen LogP contribution is -2.51. The van der Waals surface area contributed by atoms with E-state index in [1.54, 1.807) is 0 Å². The number of nitrogens with zero attached hydrogens (tertiary/aromatic N) is 1. The molecule has 1 aromatic rings. The van der Waals surface area contributed by atoms with Crippen molar-refractivity contribution in [2.24, 2.45) is 11.1 Å². The number of rotatable bonds is 2. The first-order valence-corrected chi connectivity index (χ1v) is 8.90. The summed E-state index contributed by atoms with van der Waals surface area (Å²) >= 11 is 0. The van der Waals surface area contributed by atoms with E-state index in [1.165, 1.54) is 31.2 Å². The van der Waals surface area contributed by atoms with Crippen molar-refractivity contribution >= 4 is 11.6 Å². The predicted molar refractivity (Wildman–Crippen MR) is 90.5 cm³/mol. The summed E-state index contributed by atoms with van der Waals surface area (Å²) in [6.07, 6.45) is 6.43. The Labute approximate surface area is 138 Å². The zero-order valence-electron chi connectivity index (χ0n) is 13.7. The molecule has 0 bridgehead atoms. The van der Waals surface area contributed by atoms with E-state index in [-0.39, 0.29) is 11.3 Å². The second-order valence-electron chi connectivity index (χ2n) is 7.49. The number of hydrogen-bond acceptors (Lipinski definition) is 3. The van der Waals surface area contributed by atoms with Crippen molar-refractivity contribution in [2.45, 2.75) is 43.9 Å². The van der Waals surface area contributed by atoms with Gasteiger partial charge < -0.3 is 15.4 Å². The first-order chi connectivity index (χ1) is 11.2. The van der Waals surface area contributed by atoms with Gasteiger partial charge in [-0.2, -0.15) is 0 Å². The molecule has 23 heavy (non-hydrogen) atoms. The summed E-state index contributed by atoms with van der Waals surface area (Å²) in [7, 11) is 0. The molecule has 4 rings (SSSR count). The highest BCUT2D eigenvalue weighted by molar-refractivity contribution is 6.00. The normalized spacial score (nSPS) is 24.8. The largest absolute Gasteiger partial charge is 0.381 e. The van der Waals surface area contributed by atoms with Crippen LogP contribution in [-0.4, -0.2) is 32.2 Å². The van der Waals surface area contributed by atoms with Crippen molar-refractivity contribution in [2.75, 3.05) is 31.2 Å². The van der Waals surface area contributed by atoms with E-state index in [4.69, 9.17) is 10.5 Å². The monoisotopic (exact) mass is 314 g/mol. The van der Waals surface area contributed by atoms with Crippen LogP contribution in [0.15, 0.2) is 24.3 Å². The number of carbonyl (C=O) groups is 1. The molecule has 0 atom stereocenters. The van der Waals surface area contributed by atoms with E-state index in [0.717, 1.165) is 25.1 Å². The van der Waals surface area contributed by atoms with Gasteiger partial charge in [0.25, 0.3) is 0 Å². The lowest BCUT2D eigenvalue weighted by Gasteiger charge is -2.38. The third-order valence-corrected chi connectivity index (χ3v) is 6.33. The minimum absolute atomic E-state index is 0.188. The van der Waals surface area contributed by atoms with Gasteiger partial charge in [-0.15, -0.1) is 0 Å². The molecule has 2 N–H and O–H groups in total. The molecule has 124 valence electrons. The molecule has 1 aliphatic carbocycles. The van der Waals surface area contributed by atoms with Crippen LogP contribution in [0.3, 0.4) is 0 Å². The maximum atomic E-state index is 13.4. The fourth-order valence-electron chi connectivity index (χ4n) is 4.84. The van der Waals surface area contributed by atoms with Crippen molar-refractivity contribution in [1.29, 1.82) is 0 Å². The van der Waals surface area contributed by atoms with Gasteiger partial charge in [-0.3, -0.25) is 4.79 Å². The van der Waals surface area contributed by atoms with Gasteiger partial charge in [0.15, 0.2) is 0 Å². The molecule has 1 saturated carbocycles. The second-order valence-corrected chi connectivity index (χ2v) is 7.49. The molecule has 2 fully saturated rings. The molecule has 3 aliphatic rings. The van der Waals surface area contributed by atoms with Crippen LogP contribution in [0.5, 0.6) is 0 Å². The lowest BCUT2D eigenvalue weighted by molar-refractivity contribution is -0.133. The zero-order valence-corrected chi connectivity index (χ0v) is 13.7. The first kappa shape index (κ1) is 15.2. The van der Waals surface area contributed by atoms with Crippen molar-refractivity contribution in [3.05, 3.63) is 29.8 Å².